The maximum atomic E-state index is 12.5. The second-order valence-corrected chi connectivity index (χ2v) is 7.07. The molecule has 29 heavy (non-hydrogen) atoms. The van der Waals surface area contributed by atoms with Crippen molar-refractivity contribution in [3.8, 4) is 11.6 Å². The lowest BCUT2D eigenvalue weighted by molar-refractivity contribution is -0.117. The highest BCUT2D eigenvalue weighted by atomic mass is 16.5. The second-order valence-electron chi connectivity index (χ2n) is 7.07. The molecule has 4 rings (SSSR count). The van der Waals surface area contributed by atoms with Gasteiger partial charge in [0.15, 0.2) is 0 Å². The van der Waals surface area contributed by atoms with Gasteiger partial charge < -0.3 is 24.4 Å². The van der Waals surface area contributed by atoms with Crippen molar-refractivity contribution < 1.29 is 23.8 Å². The van der Waals surface area contributed by atoms with Gasteiger partial charge in [-0.2, -0.15) is 0 Å². The summed E-state index contributed by atoms with van der Waals surface area (Å²) in [6.07, 6.45) is 2.58. The van der Waals surface area contributed by atoms with Crippen LogP contribution < -0.4 is 19.7 Å². The third kappa shape index (κ3) is 4.48. The number of rotatable bonds is 6. The fourth-order valence-corrected chi connectivity index (χ4v) is 3.46. The number of ether oxygens (including phenoxy) is 3. The van der Waals surface area contributed by atoms with Gasteiger partial charge in [0.05, 0.1) is 31.9 Å². The topological polar surface area (TPSA) is 90.0 Å². The largest absolute Gasteiger partial charge is 0.497 e. The number of amides is 2. The van der Waals surface area contributed by atoms with E-state index in [1.54, 1.807) is 30.2 Å². The lowest BCUT2D eigenvalue weighted by Crippen LogP contribution is -2.37. The van der Waals surface area contributed by atoms with Gasteiger partial charge in [-0.05, 0) is 18.2 Å². The van der Waals surface area contributed by atoms with Crippen molar-refractivity contribution >= 4 is 17.5 Å². The predicted octanol–water partition coefficient (Wildman–Crippen LogP) is 1.79. The predicted molar refractivity (Wildman–Crippen MR) is 105 cm³/mol. The van der Waals surface area contributed by atoms with Crippen molar-refractivity contribution in [1.82, 2.24) is 10.3 Å². The van der Waals surface area contributed by atoms with Crippen LogP contribution in [0, 0.1) is 0 Å². The van der Waals surface area contributed by atoms with Crippen LogP contribution in [0.1, 0.15) is 23.2 Å². The SMILES string of the molecule is COc1cccc(N2CC(NC(=O)c3ccc(OC4CCOC4)nc3)CC2=O)c1. The number of carbonyl (C=O) groups excluding carboxylic acids is 2. The highest BCUT2D eigenvalue weighted by molar-refractivity contribution is 5.99. The van der Waals surface area contributed by atoms with E-state index in [-0.39, 0.29) is 30.4 Å². The molecule has 2 saturated heterocycles. The molecule has 2 amide bonds. The molecule has 0 bridgehead atoms. The van der Waals surface area contributed by atoms with Gasteiger partial charge in [0.2, 0.25) is 11.8 Å². The highest BCUT2D eigenvalue weighted by Gasteiger charge is 2.32. The van der Waals surface area contributed by atoms with Crippen LogP contribution in [0.25, 0.3) is 0 Å². The first kappa shape index (κ1) is 19.2. The Morgan fingerprint density at radius 3 is 2.93 bits per heavy atom. The smallest absolute Gasteiger partial charge is 0.253 e. The number of anilines is 1. The third-order valence-corrected chi connectivity index (χ3v) is 5.00. The van der Waals surface area contributed by atoms with E-state index in [1.807, 2.05) is 18.2 Å². The van der Waals surface area contributed by atoms with Gasteiger partial charge >= 0.3 is 0 Å². The summed E-state index contributed by atoms with van der Waals surface area (Å²) in [5.74, 6) is 0.848. The van der Waals surface area contributed by atoms with Crippen LogP contribution >= 0.6 is 0 Å². The number of carbonyl (C=O) groups is 2. The summed E-state index contributed by atoms with van der Waals surface area (Å²) in [5, 5.41) is 2.91. The van der Waals surface area contributed by atoms with Crippen molar-refractivity contribution in [2.24, 2.45) is 0 Å². The Balaban J connectivity index is 1.35. The number of pyridine rings is 1. The molecule has 2 unspecified atom stereocenters. The summed E-state index contributed by atoms with van der Waals surface area (Å²) in [7, 11) is 1.58. The van der Waals surface area contributed by atoms with E-state index in [9.17, 15) is 9.59 Å². The minimum atomic E-state index is -0.271. The van der Waals surface area contributed by atoms with Gasteiger partial charge in [-0.1, -0.05) is 6.07 Å². The number of methoxy groups -OCH3 is 1. The normalized spacial score (nSPS) is 21.3. The molecule has 0 radical (unpaired) electrons. The van der Waals surface area contributed by atoms with Crippen LogP contribution in [-0.4, -0.2) is 55.8 Å². The highest BCUT2D eigenvalue weighted by Crippen LogP contribution is 2.25. The van der Waals surface area contributed by atoms with Crippen LogP contribution in [0.3, 0.4) is 0 Å². The molecule has 152 valence electrons. The van der Waals surface area contributed by atoms with Gasteiger partial charge in [-0.15, -0.1) is 0 Å². The summed E-state index contributed by atoms with van der Waals surface area (Å²) in [6, 6.07) is 10.4. The number of nitrogens with zero attached hydrogens (tertiary/aromatic N) is 2. The molecule has 1 aromatic carbocycles. The molecule has 1 aromatic heterocycles. The van der Waals surface area contributed by atoms with Crippen LogP contribution in [0.5, 0.6) is 11.6 Å². The van der Waals surface area contributed by atoms with Crippen LogP contribution in [0.4, 0.5) is 5.69 Å². The van der Waals surface area contributed by atoms with E-state index in [4.69, 9.17) is 14.2 Å². The molecule has 1 N–H and O–H groups in total. The van der Waals surface area contributed by atoms with Crippen molar-refractivity contribution in [2.45, 2.75) is 25.0 Å². The summed E-state index contributed by atoms with van der Waals surface area (Å²) < 4.78 is 16.2. The minimum Gasteiger partial charge on any atom is -0.497 e. The monoisotopic (exact) mass is 397 g/mol. The maximum absolute atomic E-state index is 12.5. The van der Waals surface area contributed by atoms with Gasteiger partial charge in [-0.25, -0.2) is 4.98 Å². The Hall–Kier alpha value is -3.13. The molecular formula is C21H23N3O5. The lowest BCUT2D eigenvalue weighted by Gasteiger charge is -2.18. The van der Waals surface area contributed by atoms with E-state index in [0.717, 1.165) is 12.1 Å². The fraction of sp³-hybridized carbons (Fsp3) is 0.381. The molecule has 2 atom stereocenters. The first-order chi connectivity index (χ1) is 14.1. The third-order valence-electron chi connectivity index (χ3n) is 5.00. The molecule has 2 aliphatic rings. The van der Waals surface area contributed by atoms with Crippen molar-refractivity contribution in [3.05, 3.63) is 48.2 Å². The molecule has 0 aliphatic carbocycles. The second kappa shape index (κ2) is 8.48. The molecular weight excluding hydrogens is 374 g/mol. The molecule has 3 heterocycles. The molecule has 2 aliphatic heterocycles. The number of hydrogen-bond donors (Lipinski definition) is 1. The molecule has 0 spiro atoms. The van der Waals surface area contributed by atoms with Gasteiger partial charge in [0.25, 0.3) is 5.91 Å². The van der Waals surface area contributed by atoms with Crippen molar-refractivity contribution in [2.75, 3.05) is 31.8 Å². The van der Waals surface area contributed by atoms with Crippen LogP contribution in [0.2, 0.25) is 0 Å². The average Bonchev–Trinajstić information content (AvgIpc) is 3.38. The molecule has 0 saturated carbocycles. The van der Waals surface area contributed by atoms with Crippen molar-refractivity contribution in [1.29, 1.82) is 0 Å². The quantitative estimate of drug-likeness (QED) is 0.799. The number of benzene rings is 1. The first-order valence-electron chi connectivity index (χ1n) is 9.58. The number of hydrogen-bond acceptors (Lipinski definition) is 6. The summed E-state index contributed by atoms with van der Waals surface area (Å²) in [4.78, 5) is 30.8. The molecule has 2 fully saturated rings. The minimum absolute atomic E-state index is 0.00858. The van der Waals surface area contributed by atoms with E-state index in [0.29, 0.717) is 37.0 Å². The standard InChI is InChI=1S/C21H23N3O5/c1-27-17-4-2-3-16(10-17)24-12-15(9-20(24)25)23-21(26)14-5-6-19(22-11-14)29-18-7-8-28-13-18/h2-6,10-11,15,18H,7-9,12-13H2,1H3,(H,23,26). The number of aromatic nitrogens is 1. The summed E-state index contributed by atoms with van der Waals surface area (Å²) in [5.41, 5.74) is 1.18. The Morgan fingerprint density at radius 1 is 1.31 bits per heavy atom. The van der Waals surface area contributed by atoms with E-state index in [2.05, 4.69) is 10.3 Å². The zero-order valence-electron chi connectivity index (χ0n) is 16.2. The zero-order valence-corrected chi connectivity index (χ0v) is 16.2. The van der Waals surface area contributed by atoms with Crippen molar-refractivity contribution in [3.63, 3.8) is 0 Å². The van der Waals surface area contributed by atoms with E-state index >= 15 is 0 Å². The Bertz CT molecular complexity index is 880. The Kier molecular flexibility index (Phi) is 5.62. The van der Waals surface area contributed by atoms with Crippen LogP contribution in [-0.2, 0) is 9.53 Å². The maximum Gasteiger partial charge on any atom is 0.253 e. The van der Waals surface area contributed by atoms with Gasteiger partial charge in [0.1, 0.15) is 11.9 Å². The van der Waals surface area contributed by atoms with Gasteiger partial charge in [-0.3, -0.25) is 9.59 Å². The Labute approximate surface area is 168 Å². The first-order valence-corrected chi connectivity index (χ1v) is 9.58. The van der Waals surface area contributed by atoms with E-state index < -0.39 is 0 Å². The van der Waals surface area contributed by atoms with Gasteiger partial charge in [0, 0.05) is 43.4 Å². The average molecular weight is 397 g/mol. The summed E-state index contributed by atoms with van der Waals surface area (Å²) >= 11 is 0. The van der Waals surface area contributed by atoms with Crippen LogP contribution in [0.15, 0.2) is 42.6 Å². The molecule has 8 nitrogen and oxygen atoms in total. The molecule has 8 heteroatoms. The zero-order chi connectivity index (χ0) is 20.2. The Morgan fingerprint density at radius 2 is 2.21 bits per heavy atom. The fourth-order valence-electron chi connectivity index (χ4n) is 3.46. The molecule has 2 aromatic rings. The van der Waals surface area contributed by atoms with E-state index in [1.165, 1.54) is 6.20 Å². The summed E-state index contributed by atoms with van der Waals surface area (Å²) in [6.45, 7) is 1.66. The lowest BCUT2D eigenvalue weighted by atomic mass is 10.2. The number of nitrogens with one attached hydrogen (secondary N) is 1.